The summed E-state index contributed by atoms with van der Waals surface area (Å²) in [5, 5.41) is 6.72. The third-order valence-corrected chi connectivity index (χ3v) is 5.42. The summed E-state index contributed by atoms with van der Waals surface area (Å²) in [6.07, 6.45) is 2.49. The molecule has 174 valence electrons. The van der Waals surface area contributed by atoms with E-state index in [1.807, 2.05) is 35.2 Å². The number of hydrogen-bond acceptors (Lipinski definition) is 3. The van der Waals surface area contributed by atoms with Crippen LogP contribution in [0.4, 0.5) is 0 Å². The number of carbonyl (C=O) groups is 1. The summed E-state index contributed by atoms with van der Waals surface area (Å²) < 4.78 is 5.70. The molecule has 1 atom stereocenters. The number of carbonyl (C=O) groups excluding carboxylic acids is 1. The maximum absolute atomic E-state index is 12.4. The predicted octanol–water partition coefficient (Wildman–Crippen LogP) is 3.85. The fourth-order valence-electron chi connectivity index (χ4n) is 3.73. The number of likely N-dealkylation sites (tertiary alicyclic amines) is 1. The van der Waals surface area contributed by atoms with Gasteiger partial charge in [-0.15, -0.1) is 24.0 Å². The zero-order chi connectivity index (χ0) is 21.9. The molecule has 2 aromatic rings. The Morgan fingerprint density at radius 3 is 2.66 bits per heavy atom. The number of aliphatic imine (C=N–C) groups is 1. The lowest BCUT2D eigenvalue weighted by molar-refractivity contribution is -0.127. The van der Waals surface area contributed by atoms with Gasteiger partial charge in [-0.05, 0) is 36.1 Å². The van der Waals surface area contributed by atoms with Gasteiger partial charge in [-0.25, -0.2) is 0 Å². The van der Waals surface area contributed by atoms with Gasteiger partial charge in [0.05, 0.1) is 6.61 Å². The van der Waals surface area contributed by atoms with Gasteiger partial charge < -0.3 is 20.3 Å². The largest absolute Gasteiger partial charge is 0.494 e. The van der Waals surface area contributed by atoms with Crippen molar-refractivity contribution in [2.75, 3.05) is 33.3 Å². The van der Waals surface area contributed by atoms with Crippen LogP contribution in [0.1, 0.15) is 30.9 Å². The molecule has 0 aliphatic carbocycles. The van der Waals surface area contributed by atoms with Crippen LogP contribution >= 0.6 is 24.0 Å². The zero-order valence-corrected chi connectivity index (χ0v) is 21.4. The van der Waals surface area contributed by atoms with E-state index in [-0.39, 0.29) is 29.9 Å². The molecule has 7 heteroatoms. The maximum Gasteiger partial charge on any atom is 0.223 e. The lowest BCUT2D eigenvalue weighted by atomic mass is 10.1. The smallest absolute Gasteiger partial charge is 0.223 e. The Morgan fingerprint density at radius 1 is 1.12 bits per heavy atom. The van der Waals surface area contributed by atoms with Crippen LogP contribution in [0.2, 0.25) is 0 Å². The quantitative estimate of drug-likeness (QED) is 0.268. The highest BCUT2D eigenvalue weighted by Gasteiger charge is 2.29. The van der Waals surface area contributed by atoms with Gasteiger partial charge in [0.2, 0.25) is 5.91 Å². The van der Waals surface area contributed by atoms with Crippen molar-refractivity contribution in [1.29, 1.82) is 0 Å². The molecule has 0 aromatic heterocycles. The third kappa shape index (κ3) is 8.33. The molecule has 6 nitrogen and oxygen atoms in total. The van der Waals surface area contributed by atoms with E-state index in [4.69, 9.17) is 4.74 Å². The van der Waals surface area contributed by atoms with Gasteiger partial charge in [-0.2, -0.15) is 0 Å². The van der Waals surface area contributed by atoms with Gasteiger partial charge >= 0.3 is 0 Å². The van der Waals surface area contributed by atoms with E-state index in [1.54, 1.807) is 7.05 Å². The highest BCUT2D eigenvalue weighted by Crippen LogP contribution is 2.18. The summed E-state index contributed by atoms with van der Waals surface area (Å²) in [5.41, 5.74) is 2.41. The Hall–Kier alpha value is -2.29. The number of ether oxygens (including phenoxy) is 1. The molecule has 1 heterocycles. The Bertz CT molecular complexity index is 860. The summed E-state index contributed by atoms with van der Waals surface area (Å²) in [6.45, 7) is 5.79. The van der Waals surface area contributed by atoms with Crippen LogP contribution in [0.25, 0.3) is 0 Å². The molecule has 1 aliphatic rings. The topological polar surface area (TPSA) is 66.0 Å². The van der Waals surface area contributed by atoms with Crippen molar-refractivity contribution in [3.05, 3.63) is 65.7 Å². The van der Waals surface area contributed by atoms with Crippen molar-refractivity contribution in [2.45, 2.75) is 32.7 Å². The number of benzene rings is 2. The fourth-order valence-corrected chi connectivity index (χ4v) is 3.73. The van der Waals surface area contributed by atoms with Crippen LogP contribution in [-0.2, 0) is 17.8 Å². The maximum atomic E-state index is 12.4. The van der Waals surface area contributed by atoms with Gasteiger partial charge in [0, 0.05) is 45.6 Å². The molecule has 0 spiro atoms. The molecule has 0 bridgehead atoms. The third-order valence-electron chi connectivity index (χ3n) is 5.42. The van der Waals surface area contributed by atoms with Crippen LogP contribution in [0, 0.1) is 5.92 Å². The predicted molar refractivity (Wildman–Crippen MR) is 141 cm³/mol. The molecule has 2 aromatic carbocycles. The first-order chi connectivity index (χ1) is 15.2. The minimum absolute atomic E-state index is 0. The van der Waals surface area contributed by atoms with Crippen molar-refractivity contribution in [3.8, 4) is 5.75 Å². The van der Waals surface area contributed by atoms with Crippen molar-refractivity contribution >= 4 is 35.8 Å². The van der Waals surface area contributed by atoms with Crippen molar-refractivity contribution in [2.24, 2.45) is 10.9 Å². The lowest BCUT2D eigenvalue weighted by Gasteiger charge is -2.18. The number of rotatable bonds is 10. The van der Waals surface area contributed by atoms with E-state index in [0.29, 0.717) is 18.9 Å². The lowest BCUT2D eigenvalue weighted by Crippen LogP contribution is -2.40. The number of guanidine groups is 1. The van der Waals surface area contributed by atoms with Gasteiger partial charge in [-0.3, -0.25) is 9.79 Å². The van der Waals surface area contributed by atoms with Gasteiger partial charge in [-0.1, -0.05) is 49.4 Å². The second kappa shape index (κ2) is 14.0. The summed E-state index contributed by atoms with van der Waals surface area (Å²) in [7, 11) is 1.77. The number of nitrogens with one attached hydrogen (secondary N) is 2. The van der Waals surface area contributed by atoms with E-state index < -0.39 is 0 Å². The van der Waals surface area contributed by atoms with Crippen molar-refractivity contribution < 1.29 is 9.53 Å². The highest BCUT2D eigenvalue weighted by atomic mass is 127. The van der Waals surface area contributed by atoms with Crippen LogP contribution in [-0.4, -0.2) is 50.1 Å². The SMILES string of the molecule is CCCOc1cccc(CNC(=NC)NCC2CC(=O)N(CCc3ccccc3)C2)c1.I. The van der Waals surface area contributed by atoms with Crippen LogP contribution in [0.5, 0.6) is 5.75 Å². The van der Waals surface area contributed by atoms with E-state index >= 15 is 0 Å². The van der Waals surface area contributed by atoms with E-state index in [2.05, 4.69) is 46.8 Å². The Morgan fingerprint density at radius 2 is 1.91 bits per heavy atom. The average Bonchev–Trinajstić information content (AvgIpc) is 3.16. The van der Waals surface area contributed by atoms with Gasteiger partial charge in [0.15, 0.2) is 5.96 Å². The first-order valence-electron chi connectivity index (χ1n) is 11.2. The summed E-state index contributed by atoms with van der Waals surface area (Å²) in [4.78, 5) is 18.7. The number of halogens is 1. The number of hydrogen-bond donors (Lipinski definition) is 2. The highest BCUT2D eigenvalue weighted by molar-refractivity contribution is 14.0. The molecule has 1 amide bonds. The molecule has 1 aliphatic heterocycles. The minimum atomic E-state index is 0. The molecule has 0 saturated carbocycles. The number of nitrogens with zero attached hydrogens (tertiary/aromatic N) is 2. The Labute approximate surface area is 208 Å². The van der Waals surface area contributed by atoms with Crippen LogP contribution in [0.15, 0.2) is 59.6 Å². The van der Waals surface area contributed by atoms with Gasteiger partial charge in [0.25, 0.3) is 0 Å². The van der Waals surface area contributed by atoms with Crippen LogP contribution in [0.3, 0.4) is 0 Å². The molecular weight excluding hydrogens is 515 g/mol. The first-order valence-corrected chi connectivity index (χ1v) is 11.2. The second-order valence-electron chi connectivity index (χ2n) is 7.95. The molecule has 3 rings (SSSR count). The summed E-state index contributed by atoms with van der Waals surface area (Å²) >= 11 is 0. The molecular formula is C25H35IN4O2. The summed E-state index contributed by atoms with van der Waals surface area (Å²) in [5.74, 6) is 2.18. The monoisotopic (exact) mass is 550 g/mol. The van der Waals surface area contributed by atoms with Crippen LogP contribution < -0.4 is 15.4 Å². The average molecular weight is 550 g/mol. The molecule has 0 radical (unpaired) electrons. The summed E-state index contributed by atoms with van der Waals surface area (Å²) in [6, 6.07) is 18.4. The van der Waals surface area contributed by atoms with E-state index in [1.165, 1.54) is 5.56 Å². The minimum Gasteiger partial charge on any atom is -0.494 e. The Kier molecular flexibility index (Phi) is 11.3. The fraction of sp³-hybridized carbons (Fsp3) is 0.440. The molecule has 2 N–H and O–H groups in total. The zero-order valence-electron chi connectivity index (χ0n) is 19.0. The molecule has 1 fully saturated rings. The normalized spacial score (nSPS) is 15.9. The Balaban J connectivity index is 0.00000363. The molecule has 1 saturated heterocycles. The van der Waals surface area contributed by atoms with Gasteiger partial charge in [0.1, 0.15) is 5.75 Å². The first kappa shape index (κ1) is 26.0. The van der Waals surface area contributed by atoms with Crippen molar-refractivity contribution in [3.63, 3.8) is 0 Å². The second-order valence-corrected chi connectivity index (χ2v) is 7.95. The molecule has 32 heavy (non-hydrogen) atoms. The van der Waals surface area contributed by atoms with E-state index in [9.17, 15) is 4.79 Å². The van der Waals surface area contributed by atoms with Crippen molar-refractivity contribution in [1.82, 2.24) is 15.5 Å². The van der Waals surface area contributed by atoms with E-state index in [0.717, 1.165) is 56.4 Å². The number of amides is 1. The standard InChI is InChI=1S/C25H34N4O2.HI/c1-3-14-31-23-11-7-10-21(15-23)17-27-25(26-2)28-18-22-16-24(30)29(19-22)13-12-20-8-5-4-6-9-20;/h4-11,15,22H,3,12-14,16-19H2,1-2H3,(H2,26,27,28);1H. The molecule has 1 unspecified atom stereocenters.